The third-order valence-corrected chi connectivity index (χ3v) is 3.61. The van der Waals surface area contributed by atoms with Crippen LogP contribution in [-0.2, 0) is 0 Å². The summed E-state index contributed by atoms with van der Waals surface area (Å²) >= 11 is 3.53. The monoisotopic (exact) mass is 293 g/mol. The van der Waals surface area contributed by atoms with E-state index in [-0.39, 0.29) is 0 Å². The molecule has 3 nitrogen and oxygen atoms in total. The Morgan fingerprint density at radius 2 is 2.12 bits per heavy atom. The maximum atomic E-state index is 5.99. The van der Waals surface area contributed by atoms with Crippen LogP contribution in [0.25, 0.3) is 11.3 Å². The van der Waals surface area contributed by atoms with Gasteiger partial charge in [0, 0.05) is 16.1 Å². The Bertz CT molecular complexity index is 519. The van der Waals surface area contributed by atoms with Gasteiger partial charge < -0.3 is 5.73 Å². The van der Waals surface area contributed by atoms with E-state index in [4.69, 9.17) is 5.73 Å². The van der Waals surface area contributed by atoms with Gasteiger partial charge in [-0.15, -0.1) is 0 Å². The largest absolute Gasteiger partial charge is 0.384 e. The molecule has 0 amide bonds. The molecule has 0 saturated carbocycles. The van der Waals surface area contributed by atoms with Gasteiger partial charge in [-0.05, 0) is 19.4 Å². The minimum Gasteiger partial charge on any atom is -0.384 e. The normalized spacial score (nSPS) is 12.6. The summed E-state index contributed by atoms with van der Waals surface area (Å²) in [6.07, 6.45) is 1.02. The lowest BCUT2D eigenvalue weighted by Crippen LogP contribution is -2.09. The molecule has 0 fully saturated rings. The number of anilines is 1. The fraction of sp³-hybridized carbons (Fsp3) is 0.308. The van der Waals surface area contributed by atoms with E-state index in [2.05, 4.69) is 34.9 Å². The molecule has 0 spiro atoms. The first-order valence-electron chi connectivity index (χ1n) is 5.73. The van der Waals surface area contributed by atoms with Crippen LogP contribution in [0.4, 0.5) is 5.82 Å². The van der Waals surface area contributed by atoms with Crippen LogP contribution in [0.15, 0.2) is 34.8 Å². The van der Waals surface area contributed by atoms with Gasteiger partial charge in [-0.25, -0.2) is 4.68 Å². The van der Waals surface area contributed by atoms with E-state index in [0.29, 0.717) is 11.9 Å². The van der Waals surface area contributed by atoms with E-state index in [1.807, 2.05) is 35.0 Å². The molecule has 0 bridgehead atoms. The zero-order valence-corrected chi connectivity index (χ0v) is 11.6. The van der Waals surface area contributed by atoms with Gasteiger partial charge in [-0.3, -0.25) is 0 Å². The maximum Gasteiger partial charge on any atom is 0.122 e. The number of aromatic nitrogens is 2. The van der Waals surface area contributed by atoms with Crippen molar-refractivity contribution in [2.45, 2.75) is 26.3 Å². The van der Waals surface area contributed by atoms with Crippen molar-refractivity contribution in [3.63, 3.8) is 0 Å². The molecule has 0 aliphatic heterocycles. The van der Waals surface area contributed by atoms with Crippen molar-refractivity contribution >= 4 is 21.7 Å². The summed E-state index contributed by atoms with van der Waals surface area (Å²) < 4.78 is 2.92. The first-order valence-corrected chi connectivity index (χ1v) is 6.52. The highest BCUT2D eigenvalue weighted by Crippen LogP contribution is 2.29. The molecule has 90 valence electrons. The average Bonchev–Trinajstić information content (AvgIpc) is 2.71. The van der Waals surface area contributed by atoms with Crippen LogP contribution in [-0.4, -0.2) is 9.78 Å². The molecule has 0 aliphatic rings. The second-order valence-electron chi connectivity index (χ2n) is 4.14. The molecule has 2 rings (SSSR count). The maximum absolute atomic E-state index is 5.99. The van der Waals surface area contributed by atoms with Gasteiger partial charge in [0.25, 0.3) is 0 Å². The van der Waals surface area contributed by atoms with E-state index in [1.54, 1.807) is 0 Å². The third-order valence-electron chi connectivity index (χ3n) is 2.92. The molecule has 0 radical (unpaired) electrons. The number of halogens is 1. The highest BCUT2D eigenvalue weighted by atomic mass is 79.9. The van der Waals surface area contributed by atoms with Gasteiger partial charge >= 0.3 is 0 Å². The van der Waals surface area contributed by atoms with Crippen molar-refractivity contribution < 1.29 is 0 Å². The predicted molar refractivity (Wildman–Crippen MR) is 74.8 cm³/mol. The van der Waals surface area contributed by atoms with Crippen molar-refractivity contribution in [2.24, 2.45) is 0 Å². The van der Waals surface area contributed by atoms with Crippen molar-refractivity contribution in [3.05, 3.63) is 34.8 Å². The van der Waals surface area contributed by atoms with Crippen LogP contribution in [0.3, 0.4) is 0 Å². The number of benzene rings is 1. The number of hydrogen-bond acceptors (Lipinski definition) is 2. The molecule has 4 heteroatoms. The van der Waals surface area contributed by atoms with E-state index in [1.165, 1.54) is 0 Å². The lowest BCUT2D eigenvalue weighted by molar-refractivity contribution is 0.486. The summed E-state index contributed by atoms with van der Waals surface area (Å²) in [6.45, 7) is 4.25. The van der Waals surface area contributed by atoms with Crippen LogP contribution >= 0.6 is 15.9 Å². The number of nitrogens with zero attached hydrogens (tertiary/aromatic N) is 2. The molecule has 2 aromatic rings. The lowest BCUT2D eigenvalue weighted by Gasteiger charge is -2.10. The van der Waals surface area contributed by atoms with E-state index in [9.17, 15) is 0 Å². The fourth-order valence-electron chi connectivity index (χ4n) is 1.74. The Kier molecular flexibility index (Phi) is 3.52. The van der Waals surface area contributed by atoms with Gasteiger partial charge in [0.1, 0.15) is 5.82 Å². The summed E-state index contributed by atoms with van der Waals surface area (Å²) in [6, 6.07) is 10.3. The fourth-order valence-corrected chi connectivity index (χ4v) is 2.22. The summed E-state index contributed by atoms with van der Waals surface area (Å²) in [5.41, 5.74) is 7.97. The second-order valence-corrected chi connectivity index (χ2v) is 4.99. The molecule has 1 heterocycles. The smallest absolute Gasteiger partial charge is 0.122 e. The van der Waals surface area contributed by atoms with E-state index >= 15 is 0 Å². The Balaban J connectivity index is 2.45. The van der Waals surface area contributed by atoms with Crippen LogP contribution < -0.4 is 5.73 Å². The van der Waals surface area contributed by atoms with Crippen molar-refractivity contribution in [2.75, 3.05) is 5.73 Å². The Morgan fingerprint density at radius 1 is 1.41 bits per heavy atom. The van der Waals surface area contributed by atoms with Crippen LogP contribution in [0.2, 0.25) is 0 Å². The van der Waals surface area contributed by atoms with Crippen molar-refractivity contribution in [3.8, 4) is 11.3 Å². The van der Waals surface area contributed by atoms with Crippen molar-refractivity contribution in [1.29, 1.82) is 0 Å². The quantitative estimate of drug-likeness (QED) is 0.934. The van der Waals surface area contributed by atoms with E-state index < -0.39 is 0 Å². The van der Waals surface area contributed by atoms with Gasteiger partial charge in [0.2, 0.25) is 0 Å². The molecule has 1 atom stereocenters. The summed E-state index contributed by atoms with van der Waals surface area (Å²) in [4.78, 5) is 0. The summed E-state index contributed by atoms with van der Waals surface area (Å²) in [5, 5.41) is 4.57. The zero-order valence-electron chi connectivity index (χ0n) is 10.0. The topological polar surface area (TPSA) is 43.8 Å². The standard InChI is InChI=1S/C13H16BrN3/c1-3-9(2)17-13(15)8-12(16-17)10-6-4-5-7-11(10)14/h4-9H,3,15H2,1-2H3. The molecule has 1 aromatic heterocycles. The van der Waals surface area contributed by atoms with Crippen molar-refractivity contribution in [1.82, 2.24) is 9.78 Å². The molecule has 1 aromatic carbocycles. The minimum atomic E-state index is 0.325. The molecular formula is C13H16BrN3. The SMILES string of the molecule is CCC(C)n1nc(-c2ccccc2Br)cc1N. The first kappa shape index (κ1) is 12.2. The van der Waals surface area contributed by atoms with Crippen LogP contribution in [0, 0.1) is 0 Å². The predicted octanol–water partition coefficient (Wildman–Crippen LogP) is 3.87. The molecule has 17 heavy (non-hydrogen) atoms. The second kappa shape index (κ2) is 4.92. The van der Waals surface area contributed by atoms with Gasteiger partial charge in [-0.1, -0.05) is 41.1 Å². The van der Waals surface area contributed by atoms with Crippen LogP contribution in [0.5, 0.6) is 0 Å². The Labute approximate surface area is 110 Å². The van der Waals surface area contributed by atoms with Gasteiger partial charge in [-0.2, -0.15) is 5.10 Å². The summed E-state index contributed by atoms with van der Waals surface area (Å²) in [7, 11) is 0. The Morgan fingerprint density at radius 3 is 2.76 bits per heavy atom. The van der Waals surface area contributed by atoms with Gasteiger partial charge in [0.05, 0.1) is 11.7 Å². The Hall–Kier alpha value is -1.29. The van der Waals surface area contributed by atoms with E-state index in [0.717, 1.165) is 22.2 Å². The number of hydrogen-bond donors (Lipinski definition) is 1. The minimum absolute atomic E-state index is 0.325. The summed E-state index contributed by atoms with van der Waals surface area (Å²) in [5.74, 6) is 0.713. The highest BCUT2D eigenvalue weighted by molar-refractivity contribution is 9.10. The first-order chi connectivity index (χ1) is 8.13. The molecule has 1 unspecified atom stereocenters. The van der Waals surface area contributed by atoms with Gasteiger partial charge in [0.15, 0.2) is 0 Å². The highest BCUT2D eigenvalue weighted by Gasteiger charge is 2.12. The molecule has 0 aliphatic carbocycles. The zero-order chi connectivity index (χ0) is 12.4. The third kappa shape index (κ3) is 2.36. The molecule has 0 saturated heterocycles. The number of nitrogens with two attached hydrogens (primary N) is 1. The lowest BCUT2D eigenvalue weighted by atomic mass is 10.1. The van der Waals surface area contributed by atoms with Crippen LogP contribution in [0.1, 0.15) is 26.3 Å². The average molecular weight is 294 g/mol. The number of nitrogen functional groups attached to an aromatic ring is 1. The number of rotatable bonds is 3. The molecular weight excluding hydrogens is 278 g/mol. The molecule has 2 N–H and O–H groups in total.